The van der Waals surface area contributed by atoms with Gasteiger partial charge in [0.2, 0.25) is 5.76 Å². The third-order valence-electron chi connectivity index (χ3n) is 4.21. The molecule has 0 fully saturated rings. The number of hydrogen-bond donors (Lipinski definition) is 2. The van der Waals surface area contributed by atoms with E-state index in [0.29, 0.717) is 28.1 Å². The average molecular weight is 386 g/mol. The number of para-hydroxylation sites is 3. The number of fused-ring (bicyclic) bond motifs is 1. The topological polar surface area (TPSA) is 80.6 Å². The van der Waals surface area contributed by atoms with E-state index in [4.69, 9.17) is 9.15 Å². The molecule has 0 atom stereocenters. The van der Waals surface area contributed by atoms with Crippen LogP contribution in [-0.4, -0.2) is 18.4 Å². The summed E-state index contributed by atoms with van der Waals surface area (Å²) in [6.07, 6.45) is 0. The van der Waals surface area contributed by atoms with Gasteiger partial charge in [-0.15, -0.1) is 0 Å². The molecule has 0 aliphatic heterocycles. The third kappa shape index (κ3) is 4.27. The molecule has 2 N–H and O–H groups in total. The van der Waals surface area contributed by atoms with E-state index in [-0.39, 0.29) is 12.4 Å². The van der Waals surface area contributed by atoms with Gasteiger partial charge >= 0.3 is 0 Å². The molecule has 6 heteroatoms. The molecular weight excluding hydrogens is 368 g/mol. The van der Waals surface area contributed by atoms with Gasteiger partial charge in [-0.2, -0.15) is 0 Å². The molecule has 0 spiro atoms. The fraction of sp³-hybridized carbons (Fsp3) is 0.0435. The van der Waals surface area contributed by atoms with Crippen LogP contribution in [0.4, 0.5) is 11.4 Å². The van der Waals surface area contributed by atoms with Gasteiger partial charge in [-0.3, -0.25) is 9.59 Å². The Kier molecular flexibility index (Phi) is 5.25. The van der Waals surface area contributed by atoms with Crippen LogP contribution in [0.1, 0.15) is 10.6 Å². The molecule has 29 heavy (non-hydrogen) atoms. The number of amides is 2. The molecular formula is C23H18N2O4. The lowest BCUT2D eigenvalue weighted by Gasteiger charge is -2.08. The van der Waals surface area contributed by atoms with Crippen molar-refractivity contribution in [2.75, 3.05) is 17.2 Å². The molecule has 0 unspecified atom stereocenters. The summed E-state index contributed by atoms with van der Waals surface area (Å²) in [5.74, 6) is -0.231. The van der Waals surface area contributed by atoms with Gasteiger partial charge in [0.1, 0.15) is 17.0 Å². The molecule has 144 valence electrons. The quantitative estimate of drug-likeness (QED) is 0.503. The lowest BCUT2D eigenvalue weighted by molar-refractivity contribution is -0.118. The third-order valence-corrected chi connectivity index (χ3v) is 4.21. The predicted molar refractivity (Wildman–Crippen MR) is 111 cm³/mol. The van der Waals surface area contributed by atoms with Crippen molar-refractivity contribution in [2.45, 2.75) is 0 Å². The smallest absolute Gasteiger partial charge is 0.293 e. The molecule has 1 aromatic heterocycles. The number of rotatable bonds is 6. The molecule has 0 aliphatic rings. The van der Waals surface area contributed by atoms with Crippen LogP contribution in [0, 0.1) is 0 Å². The zero-order valence-corrected chi connectivity index (χ0v) is 15.4. The number of nitrogens with one attached hydrogen (secondary N) is 2. The van der Waals surface area contributed by atoms with Gasteiger partial charge in [0.05, 0.1) is 0 Å². The van der Waals surface area contributed by atoms with Crippen molar-refractivity contribution < 1.29 is 18.7 Å². The fourth-order valence-corrected chi connectivity index (χ4v) is 2.88. The maximum absolute atomic E-state index is 12.8. The van der Waals surface area contributed by atoms with E-state index in [2.05, 4.69) is 10.6 Å². The van der Waals surface area contributed by atoms with Gasteiger partial charge < -0.3 is 19.8 Å². The largest absolute Gasteiger partial charge is 0.484 e. The Hall–Kier alpha value is -4.06. The molecule has 0 saturated carbocycles. The highest BCUT2D eigenvalue weighted by Crippen LogP contribution is 2.31. The van der Waals surface area contributed by atoms with Crippen molar-refractivity contribution in [3.8, 4) is 5.75 Å². The molecule has 4 aromatic rings. The van der Waals surface area contributed by atoms with E-state index in [9.17, 15) is 9.59 Å². The van der Waals surface area contributed by atoms with Crippen LogP contribution in [0.2, 0.25) is 0 Å². The Bertz CT molecular complexity index is 1140. The summed E-state index contributed by atoms with van der Waals surface area (Å²) in [6, 6.07) is 25.2. The van der Waals surface area contributed by atoms with Crippen LogP contribution in [0.15, 0.2) is 89.3 Å². The minimum Gasteiger partial charge on any atom is -0.484 e. The van der Waals surface area contributed by atoms with Crippen molar-refractivity contribution >= 4 is 34.2 Å². The van der Waals surface area contributed by atoms with E-state index in [1.165, 1.54) is 0 Å². The summed E-state index contributed by atoms with van der Waals surface area (Å²) in [6.45, 7) is -0.191. The number of carbonyl (C=O) groups is 2. The molecule has 6 nitrogen and oxygen atoms in total. The molecule has 0 bridgehead atoms. The first-order chi connectivity index (χ1) is 14.2. The van der Waals surface area contributed by atoms with Crippen molar-refractivity contribution in [1.82, 2.24) is 0 Å². The molecule has 0 aliphatic carbocycles. The standard InChI is InChI=1S/C23H18N2O4/c26-20(15-28-17-11-5-2-6-12-17)25-21-18-13-7-8-14-19(18)29-22(21)23(27)24-16-9-3-1-4-10-16/h1-14H,15H2,(H,24,27)(H,25,26). The lowest BCUT2D eigenvalue weighted by atomic mass is 10.2. The number of furan rings is 1. The van der Waals surface area contributed by atoms with Gasteiger partial charge in [0, 0.05) is 11.1 Å². The van der Waals surface area contributed by atoms with Gasteiger partial charge in [0.15, 0.2) is 6.61 Å². The van der Waals surface area contributed by atoms with Gasteiger partial charge in [0.25, 0.3) is 11.8 Å². The summed E-state index contributed by atoms with van der Waals surface area (Å²) >= 11 is 0. The molecule has 1 heterocycles. The number of anilines is 2. The first kappa shape index (κ1) is 18.3. The highest BCUT2D eigenvalue weighted by atomic mass is 16.5. The minimum atomic E-state index is -0.452. The van der Waals surface area contributed by atoms with E-state index in [1.54, 1.807) is 42.5 Å². The number of hydrogen-bond acceptors (Lipinski definition) is 4. The van der Waals surface area contributed by atoms with E-state index in [0.717, 1.165) is 0 Å². The lowest BCUT2D eigenvalue weighted by Crippen LogP contribution is -2.22. The van der Waals surface area contributed by atoms with Gasteiger partial charge in [-0.05, 0) is 36.4 Å². The van der Waals surface area contributed by atoms with Crippen LogP contribution in [-0.2, 0) is 4.79 Å². The zero-order valence-electron chi connectivity index (χ0n) is 15.4. The summed E-state index contributed by atoms with van der Waals surface area (Å²) in [7, 11) is 0. The molecule has 0 radical (unpaired) electrons. The van der Waals surface area contributed by atoms with Crippen LogP contribution in [0.3, 0.4) is 0 Å². The second-order valence-electron chi connectivity index (χ2n) is 6.27. The normalized spacial score (nSPS) is 10.5. The maximum atomic E-state index is 12.8. The number of ether oxygens (including phenoxy) is 1. The average Bonchev–Trinajstić information content (AvgIpc) is 3.12. The Morgan fingerprint density at radius 2 is 1.45 bits per heavy atom. The fourth-order valence-electron chi connectivity index (χ4n) is 2.88. The Labute approximate surface area is 167 Å². The summed E-state index contributed by atoms with van der Waals surface area (Å²) in [4.78, 5) is 25.2. The van der Waals surface area contributed by atoms with Gasteiger partial charge in [-0.1, -0.05) is 48.5 Å². The van der Waals surface area contributed by atoms with E-state index in [1.807, 2.05) is 42.5 Å². The number of benzene rings is 3. The molecule has 0 saturated heterocycles. The van der Waals surface area contributed by atoms with E-state index < -0.39 is 11.8 Å². The van der Waals surface area contributed by atoms with Crippen molar-refractivity contribution in [2.24, 2.45) is 0 Å². The minimum absolute atomic E-state index is 0.0307. The maximum Gasteiger partial charge on any atom is 0.293 e. The summed E-state index contributed by atoms with van der Waals surface area (Å²) < 4.78 is 11.2. The van der Waals surface area contributed by atoms with Gasteiger partial charge in [-0.25, -0.2) is 0 Å². The highest BCUT2D eigenvalue weighted by Gasteiger charge is 2.22. The second kappa shape index (κ2) is 8.31. The molecule has 3 aromatic carbocycles. The molecule has 4 rings (SSSR count). The predicted octanol–water partition coefficient (Wildman–Crippen LogP) is 4.70. The van der Waals surface area contributed by atoms with Crippen molar-refractivity contribution in [3.63, 3.8) is 0 Å². The monoisotopic (exact) mass is 386 g/mol. The SMILES string of the molecule is O=C(COc1ccccc1)Nc1c(C(=O)Nc2ccccc2)oc2ccccc12. The molecule has 2 amide bonds. The summed E-state index contributed by atoms with van der Waals surface area (Å²) in [5, 5.41) is 6.17. The van der Waals surface area contributed by atoms with Crippen molar-refractivity contribution in [1.29, 1.82) is 0 Å². The van der Waals surface area contributed by atoms with Crippen LogP contribution >= 0.6 is 0 Å². The van der Waals surface area contributed by atoms with Crippen LogP contribution < -0.4 is 15.4 Å². The first-order valence-corrected chi connectivity index (χ1v) is 9.06. The second-order valence-corrected chi connectivity index (χ2v) is 6.27. The number of carbonyl (C=O) groups excluding carboxylic acids is 2. The Morgan fingerprint density at radius 1 is 0.793 bits per heavy atom. The Balaban J connectivity index is 1.56. The van der Waals surface area contributed by atoms with Crippen molar-refractivity contribution in [3.05, 3.63) is 90.7 Å². The summed E-state index contributed by atoms with van der Waals surface area (Å²) in [5.41, 5.74) is 1.45. The first-order valence-electron chi connectivity index (χ1n) is 9.06. The van der Waals surface area contributed by atoms with E-state index >= 15 is 0 Å². The Morgan fingerprint density at radius 3 is 2.21 bits per heavy atom. The van der Waals surface area contributed by atoms with Crippen LogP contribution in [0.25, 0.3) is 11.0 Å². The zero-order chi connectivity index (χ0) is 20.1. The highest BCUT2D eigenvalue weighted by molar-refractivity contribution is 6.14. The van der Waals surface area contributed by atoms with Crippen LogP contribution in [0.5, 0.6) is 5.75 Å².